The molecule has 0 aliphatic carbocycles. The standard InChI is InChI=1S/C22H22ClIN4O2S2.C2H6/c1-22(2,3)30-21(29)26-7-6-13-10-15(27-20-25-8-9-31-20)12-17-16-11-14(23)4-5-18(16)28(32-24)19(13)17;1-2/h4-5,8-12H,6-7H2,1-3H3,(H,25,27)(H,26,29);1-2H3. The number of fused-ring (bicyclic) bond motifs is 3. The predicted octanol–water partition coefficient (Wildman–Crippen LogP) is 8.59. The third-order valence-electron chi connectivity index (χ3n) is 4.67. The van der Waals surface area contributed by atoms with E-state index >= 15 is 0 Å². The highest BCUT2D eigenvalue weighted by molar-refractivity contribution is 14.2. The fraction of sp³-hybridized carbons (Fsp3) is 0.333. The van der Waals surface area contributed by atoms with Crippen LogP contribution in [0.25, 0.3) is 21.8 Å². The van der Waals surface area contributed by atoms with Crippen molar-refractivity contribution >= 4 is 92.0 Å². The number of amides is 1. The number of nitrogens with one attached hydrogen (secondary N) is 2. The Kier molecular flexibility index (Phi) is 9.36. The Hall–Kier alpha value is -1.69. The molecule has 0 spiro atoms. The van der Waals surface area contributed by atoms with E-state index in [1.54, 1.807) is 26.7 Å². The minimum absolute atomic E-state index is 0.415. The molecule has 34 heavy (non-hydrogen) atoms. The Balaban J connectivity index is 0.00000158. The number of anilines is 2. The lowest BCUT2D eigenvalue weighted by Gasteiger charge is -2.19. The Labute approximate surface area is 225 Å². The minimum atomic E-state index is -0.529. The molecule has 0 aliphatic heterocycles. The molecule has 0 saturated heterocycles. The van der Waals surface area contributed by atoms with Gasteiger partial charge in [0.25, 0.3) is 0 Å². The maximum Gasteiger partial charge on any atom is 0.407 e. The van der Waals surface area contributed by atoms with E-state index in [1.165, 1.54) is 0 Å². The van der Waals surface area contributed by atoms with Crippen LogP contribution in [0, 0.1) is 0 Å². The van der Waals surface area contributed by atoms with Crippen LogP contribution in [-0.4, -0.2) is 27.2 Å². The number of rotatable bonds is 6. The average Bonchev–Trinajstić information content (AvgIpc) is 3.39. The van der Waals surface area contributed by atoms with Crippen LogP contribution >= 0.6 is 53.3 Å². The fourth-order valence-corrected chi connectivity index (χ4v) is 5.98. The van der Waals surface area contributed by atoms with Crippen molar-refractivity contribution in [1.29, 1.82) is 0 Å². The van der Waals surface area contributed by atoms with Crippen molar-refractivity contribution in [3.63, 3.8) is 0 Å². The highest BCUT2D eigenvalue weighted by atomic mass is 127. The summed E-state index contributed by atoms with van der Waals surface area (Å²) >= 11 is 10.2. The Morgan fingerprint density at radius 3 is 2.65 bits per heavy atom. The lowest BCUT2D eigenvalue weighted by Crippen LogP contribution is -2.33. The van der Waals surface area contributed by atoms with Crippen molar-refractivity contribution in [1.82, 2.24) is 14.3 Å². The number of ether oxygens (including phenoxy) is 1. The highest BCUT2D eigenvalue weighted by Crippen LogP contribution is 2.39. The summed E-state index contributed by atoms with van der Waals surface area (Å²) in [6.45, 7) is 10.0. The van der Waals surface area contributed by atoms with Gasteiger partial charge in [0.2, 0.25) is 0 Å². The van der Waals surface area contributed by atoms with E-state index in [1.807, 2.05) is 58.2 Å². The summed E-state index contributed by atoms with van der Waals surface area (Å²) in [5.74, 6) is 0. The second kappa shape index (κ2) is 11.8. The van der Waals surface area contributed by atoms with Crippen molar-refractivity contribution in [3.8, 4) is 0 Å². The predicted molar refractivity (Wildman–Crippen MR) is 156 cm³/mol. The first kappa shape index (κ1) is 26.9. The Morgan fingerprint density at radius 1 is 1.24 bits per heavy atom. The van der Waals surface area contributed by atoms with Gasteiger partial charge in [0.05, 0.1) is 11.0 Å². The van der Waals surface area contributed by atoms with Gasteiger partial charge < -0.3 is 15.4 Å². The van der Waals surface area contributed by atoms with Gasteiger partial charge in [-0.1, -0.05) is 25.4 Å². The normalized spacial score (nSPS) is 11.3. The molecule has 0 saturated carbocycles. The highest BCUT2D eigenvalue weighted by Gasteiger charge is 2.18. The van der Waals surface area contributed by atoms with Crippen LogP contribution in [0.15, 0.2) is 41.9 Å². The number of carbonyl (C=O) groups excluding carboxylic acids is 1. The molecule has 0 fully saturated rings. The molecular formula is C24H28ClIN4O2S2. The summed E-state index contributed by atoms with van der Waals surface area (Å²) in [6.07, 6.45) is 2.00. The first-order valence-electron chi connectivity index (χ1n) is 10.9. The number of halogens is 2. The molecule has 4 aromatic rings. The van der Waals surface area contributed by atoms with Crippen LogP contribution in [0.2, 0.25) is 5.02 Å². The summed E-state index contributed by atoms with van der Waals surface area (Å²) in [5.41, 5.74) is 3.72. The summed E-state index contributed by atoms with van der Waals surface area (Å²) in [6, 6.07) is 10.2. The van der Waals surface area contributed by atoms with Crippen molar-refractivity contribution in [2.24, 2.45) is 0 Å². The van der Waals surface area contributed by atoms with Crippen LogP contribution in [0.3, 0.4) is 0 Å². The smallest absolute Gasteiger partial charge is 0.407 e. The zero-order chi connectivity index (χ0) is 24.9. The number of hydrogen-bond donors (Lipinski definition) is 2. The van der Waals surface area contributed by atoms with E-state index in [0.717, 1.165) is 38.2 Å². The van der Waals surface area contributed by atoms with E-state index in [2.05, 4.69) is 52.9 Å². The topological polar surface area (TPSA) is 68.2 Å². The number of thiazole rings is 1. The molecule has 1 amide bonds. The largest absolute Gasteiger partial charge is 0.444 e. The summed E-state index contributed by atoms with van der Waals surface area (Å²) < 4.78 is 7.57. The molecule has 10 heteroatoms. The molecule has 0 atom stereocenters. The van der Waals surface area contributed by atoms with Gasteiger partial charge in [-0.05, 0) is 63.1 Å². The number of carbonyl (C=O) groups is 1. The van der Waals surface area contributed by atoms with Gasteiger partial charge in [-0.15, -0.1) is 11.3 Å². The van der Waals surface area contributed by atoms with Gasteiger partial charge in [0, 0.05) is 69.9 Å². The average molecular weight is 631 g/mol. The van der Waals surface area contributed by atoms with Gasteiger partial charge in [-0.25, -0.2) is 9.78 Å². The van der Waals surface area contributed by atoms with E-state index in [4.69, 9.17) is 16.3 Å². The maximum atomic E-state index is 12.1. The van der Waals surface area contributed by atoms with E-state index in [9.17, 15) is 4.79 Å². The monoisotopic (exact) mass is 630 g/mol. The van der Waals surface area contributed by atoms with Crippen molar-refractivity contribution in [2.45, 2.75) is 46.6 Å². The summed E-state index contributed by atoms with van der Waals surface area (Å²) in [7, 11) is 1.61. The summed E-state index contributed by atoms with van der Waals surface area (Å²) in [5, 5.41) is 11.9. The zero-order valence-corrected chi connectivity index (χ0v) is 24.3. The zero-order valence-electron chi connectivity index (χ0n) is 19.7. The molecule has 4 rings (SSSR count). The van der Waals surface area contributed by atoms with Crippen LogP contribution in [0.1, 0.15) is 40.2 Å². The Morgan fingerprint density at radius 2 is 2.00 bits per heavy atom. The molecular weight excluding hydrogens is 603 g/mol. The van der Waals surface area contributed by atoms with Gasteiger partial charge >= 0.3 is 6.09 Å². The summed E-state index contributed by atoms with van der Waals surface area (Å²) in [4.78, 5) is 16.5. The third-order valence-corrected chi connectivity index (χ3v) is 7.30. The fourth-order valence-electron chi connectivity index (χ4n) is 3.52. The number of aromatic nitrogens is 2. The maximum absolute atomic E-state index is 12.1. The number of hydrogen-bond acceptors (Lipinski definition) is 6. The number of nitrogens with zero attached hydrogens (tertiary/aromatic N) is 2. The van der Waals surface area contributed by atoms with Gasteiger partial charge in [0.15, 0.2) is 5.13 Å². The van der Waals surface area contributed by atoms with E-state index in [0.29, 0.717) is 18.0 Å². The van der Waals surface area contributed by atoms with Crippen molar-refractivity contribution in [3.05, 3.63) is 52.5 Å². The van der Waals surface area contributed by atoms with Crippen LogP contribution in [0.4, 0.5) is 15.6 Å². The molecule has 2 aromatic heterocycles. The first-order chi connectivity index (χ1) is 16.2. The molecule has 0 unspecified atom stereocenters. The molecule has 0 bridgehead atoms. The van der Waals surface area contributed by atoms with E-state index < -0.39 is 11.7 Å². The SMILES string of the molecule is CC.CC(C)(C)OC(=O)NCCc1cc(Nc2nccs2)cc2c3cc(Cl)ccc3n(SI)c12. The number of benzene rings is 2. The lowest BCUT2D eigenvalue weighted by molar-refractivity contribution is 0.0528. The molecule has 2 heterocycles. The van der Waals surface area contributed by atoms with Crippen LogP contribution < -0.4 is 10.6 Å². The van der Waals surface area contributed by atoms with Gasteiger partial charge in [-0.2, -0.15) is 0 Å². The molecule has 0 radical (unpaired) electrons. The van der Waals surface area contributed by atoms with Crippen LogP contribution in [0.5, 0.6) is 0 Å². The van der Waals surface area contributed by atoms with E-state index in [-0.39, 0.29) is 0 Å². The quantitative estimate of drug-likeness (QED) is 0.209. The van der Waals surface area contributed by atoms with Gasteiger partial charge in [0.1, 0.15) is 5.60 Å². The molecule has 6 nitrogen and oxygen atoms in total. The molecule has 2 N–H and O–H groups in total. The minimum Gasteiger partial charge on any atom is -0.444 e. The van der Waals surface area contributed by atoms with Crippen molar-refractivity contribution in [2.75, 3.05) is 11.9 Å². The second-order valence-electron chi connectivity index (χ2n) is 8.20. The Bertz CT molecular complexity index is 1270. The molecule has 2 aromatic carbocycles. The number of alkyl carbamates (subject to hydrolysis) is 1. The van der Waals surface area contributed by atoms with Gasteiger partial charge in [-0.3, -0.25) is 3.97 Å². The third kappa shape index (κ3) is 6.50. The molecule has 182 valence electrons. The van der Waals surface area contributed by atoms with Crippen LogP contribution in [-0.2, 0) is 11.2 Å². The second-order valence-corrected chi connectivity index (χ2v) is 11.2. The lowest BCUT2D eigenvalue weighted by atomic mass is 10.0. The molecule has 0 aliphatic rings. The first-order valence-corrected chi connectivity index (χ1v) is 15.5. The van der Waals surface area contributed by atoms with Crippen molar-refractivity contribution < 1.29 is 9.53 Å².